The van der Waals surface area contributed by atoms with Crippen molar-refractivity contribution in [1.82, 2.24) is 15.0 Å². The molecule has 1 aromatic rings. The van der Waals surface area contributed by atoms with Gasteiger partial charge in [0.15, 0.2) is 5.11 Å². The maximum absolute atomic E-state index is 5.64. The highest BCUT2D eigenvalue weighted by Gasteiger charge is 2.03. The minimum absolute atomic E-state index is 0.0784. The Bertz CT molecular complexity index is 343. The number of hydrogen-bond acceptors (Lipinski definition) is 5. The Labute approximate surface area is 91.3 Å². The summed E-state index contributed by atoms with van der Waals surface area (Å²) < 4.78 is 0. The molecule has 0 fully saturated rings. The van der Waals surface area contributed by atoms with Crippen molar-refractivity contribution in [1.29, 1.82) is 0 Å². The van der Waals surface area contributed by atoms with E-state index in [9.17, 15) is 0 Å². The van der Waals surface area contributed by atoms with Crippen LogP contribution in [-0.4, -0.2) is 26.6 Å². The van der Waals surface area contributed by atoms with Crippen LogP contribution in [0.15, 0.2) is 0 Å². The molecule has 0 aliphatic rings. The van der Waals surface area contributed by atoms with Gasteiger partial charge in [-0.15, -0.1) is 0 Å². The van der Waals surface area contributed by atoms with Gasteiger partial charge >= 0.3 is 0 Å². The topological polar surface area (TPSA) is 88.8 Å². The highest BCUT2D eigenvalue weighted by atomic mass is 35.5. The second-order valence-corrected chi connectivity index (χ2v) is 3.05. The zero-order valence-electron chi connectivity index (χ0n) is 7.41. The van der Waals surface area contributed by atoms with Gasteiger partial charge in [-0.25, -0.2) is 0 Å². The molecule has 0 amide bonds. The molecule has 0 saturated heterocycles. The monoisotopic (exact) mass is 232 g/mol. The Morgan fingerprint density at radius 2 is 2.07 bits per heavy atom. The third kappa shape index (κ3) is 3.27. The number of rotatable bonds is 3. The first-order chi connectivity index (χ1) is 6.61. The molecule has 0 aliphatic carbocycles. The summed E-state index contributed by atoms with van der Waals surface area (Å²) in [5.41, 5.74) is 5.26. The van der Waals surface area contributed by atoms with E-state index < -0.39 is 0 Å². The molecule has 0 unspecified atom stereocenters. The van der Waals surface area contributed by atoms with Crippen molar-refractivity contribution in [3.05, 3.63) is 5.28 Å². The molecule has 1 aromatic heterocycles. The number of aromatic nitrogens is 3. The molecule has 4 N–H and O–H groups in total. The van der Waals surface area contributed by atoms with E-state index in [0.29, 0.717) is 12.5 Å². The first kappa shape index (κ1) is 10.9. The lowest BCUT2D eigenvalue weighted by Crippen LogP contribution is -2.21. The third-order valence-corrected chi connectivity index (χ3v) is 1.45. The fourth-order valence-corrected chi connectivity index (χ4v) is 1.00. The number of anilines is 2. The molecule has 8 heteroatoms. The molecule has 0 aliphatic heterocycles. The number of nitrogens with one attached hydrogen (secondary N) is 2. The van der Waals surface area contributed by atoms with E-state index in [1.165, 1.54) is 0 Å². The predicted molar refractivity (Wildman–Crippen MR) is 59.4 cm³/mol. The van der Waals surface area contributed by atoms with E-state index in [4.69, 9.17) is 17.3 Å². The third-order valence-electron chi connectivity index (χ3n) is 1.18. The average Bonchev–Trinajstić information content (AvgIpc) is 2.01. The van der Waals surface area contributed by atoms with E-state index in [0.717, 1.165) is 0 Å². The van der Waals surface area contributed by atoms with E-state index >= 15 is 0 Å². The lowest BCUT2D eigenvalue weighted by molar-refractivity contribution is 1.03. The van der Waals surface area contributed by atoms with Gasteiger partial charge in [0.05, 0.1) is 0 Å². The average molecular weight is 233 g/mol. The van der Waals surface area contributed by atoms with E-state index in [1.54, 1.807) is 0 Å². The van der Waals surface area contributed by atoms with Gasteiger partial charge in [0, 0.05) is 6.54 Å². The van der Waals surface area contributed by atoms with Crippen molar-refractivity contribution in [3.8, 4) is 0 Å². The molecule has 1 rings (SSSR count). The van der Waals surface area contributed by atoms with E-state index in [-0.39, 0.29) is 16.3 Å². The highest BCUT2D eigenvalue weighted by Crippen LogP contribution is 2.08. The standard InChI is InChI=1S/C6H9ClN6S/c1-2-9-5-10-3(7)11-6(13-5)12-4(8)14/h2H2,1H3,(H4,8,9,10,11,12,13,14). The molecule has 14 heavy (non-hydrogen) atoms. The van der Waals surface area contributed by atoms with Gasteiger partial charge in [0.1, 0.15) is 0 Å². The first-order valence-electron chi connectivity index (χ1n) is 3.83. The van der Waals surface area contributed by atoms with Gasteiger partial charge in [-0.05, 0) is 30.7 Å². The van der Waals surface area contributed by atoms with Crippen molar-refractivity contribution in [2.24, 2.45) is 5.73 Å². The summed E-state index contributed by atoms with van der Waals surface area (Å²) in [6, 6.07) is 0. The lowest BCUT2D eigenvalue weighted by atomic mass is 10.7. The maximum atomic E-state index is 5.64. The second-order valence-electron chi connectivity index (χ2n) is 2.27. The summed E-state index contributed by atoms with van der Waals surface area (Å²) in [6.07, 6.45) is 0. The Balaban J connectivity index is 2.88. The number of nitrogens with zero attached hydrogens (tertiary/aromatic N) is 3. The maximum Gasteiger partial charge on any atom is 0.235 e. The molecule has 0 bridgehead atoms. The zero-order chi connectivity index (χ0) is 10.6. The summed E-state index contributed by atoms with van der Waals surface area (Å²) in [6.45, 7) is 2.60. The molecular formula is C6H9ClN6S. The van der Waals surface area contributed by atoms with Gasteiger partial charge in [-0.2, -0.15) is 15.0 Å². The van der Waals surface area contributed by atoms with Crippen LogP contribution >= 0.6 is 23.8 Å². The Hall–Kier alpha value is -1.21. The summed E-state index contributed by atoms with van der Waals surface area (Å²) in [7, 11) is 0. The van der Waals surface area contributed by atoms with Crippen LogP contribution in [0.2, 0.25) is 5.28 Å². The van der Waals surface area contributed by atoms with Gasteiger partial charge in [-0.1, -0.05) is 0 Å². The zero-order valence-corrected chi connectivity index (χ0v) is 8.98. The number of thiocarbonyl (C=S) groups is 1. The Morgan fingerprint density at radius 1 is 1.43 bits per heavy atom. The van der Waals surface area contributed by atoms with Gasteiger partial charge in [-0.3, -0.25) is 0 Å². The van der Waals surface area contributed by atoms with Crippen LogP contribution in [0.25, 0.3) is 0 Å². The molecule has 0 aromatic carbocycles. The van der Waals surface area contributed by atoms with Crippen LogP contribution in [-0.2, 0) is 0 Å². The van der Waals surface area contributed by atoms with Gasteiger partial charge in [0.25, 0.3) is 0 Å². The van der Waals surface area contributed by atoms with Crippen LogP contribution < -0.4 is 16.4 Å². The number of halogens is 1. The summed E-state index contributed by atoms with van der Waals surface area (Å²) >= 11 is 10.3. The van der Waals surface area contributed by atoms with Crippen LogP contribution in [0.3, 0.4) is 0 Å². The fraction of sp³-hybridized carbons (Fsp3) is 0.333. The highest BCUT2D eigenvalue weighted by molar-refractivity contribution is 7.80. The van der Waals surface area contributed by atoms with Crippen molar-refractivity contribution in [2.75, 3.05) is 17.2 Å². The summed E-state index contributed by atoms with van der Waals surface area (Å²) in [5, 5.41) is 5.62. The quantitative estimate of drug-likeness (QED) is 0.658. The second kappa shape index (κ2) is 4.87. The molecule has 0 atom stereocenters. The minimum Gasteiger partial charge on any atom is -0.376 e. The molecule has 1 heterocycles. The van der Waals surface area contributed by atoms with Crippen molar-refractivity contribution in [2.45, 2.75) is 6.92 Å². The molecular weight excluding hydrogens is 224 g/mol. The smallest absolute Gasteiger partial charge is 0.235 e. The lowest BCUT2D eigenvalue weighted by Gasteiger charge is -2.05. The van der Waals surface area contributed by atoms with Crippen molar-refractivity contribution < 1.29 is 0 Å². The van der Waals surface area contributed by atoms with Crippen LogP contribution in [0.1, 0.15) is 6.92 Å². The largest absolute Gasteiger partial charge is 0.376 e. The number of nitrogens with two attached hydrogens (primary N) is 1. The first-order valence-corrected chi connectivity index (χ1v) is 4.62. The SMILES string of the molecule is CCNc1nc(Cl)nc(NC(N)=S)n1. The van der Waals surface area contributed by atoms with Crippen molar-refractivity contribution in [3.63, 3.8) is 0 Å². The van der Waals surface area contributed by atoms with E-state index in [1.807, 2.05) is 6.92 Å². The van der Waals surface area contributed by atoms with Crippen LogP contribution in [0, 0.1) is 0 Å². The summed E-state index contributed by atoms with van der Waals surface area (Å²) in [5.74, 6) is 0.611. The Kier molecular flexibility index (Phi) is 3.78. The molecule has 0 spiro atoms. The molecule has 6 nitrogen and oxygen atoms in total. The fourth-order valence-electron chi connectivity index (χ4n) is 0.753. The normalized spacial score (nSPS) is 9.57. The molecule has 76 valence electrons. The predicted octanol–water partition coefficient (Wildman–Crippen LogP) is 0.612. The minimum atomic E-state index is 0.0784. The number of hydrogen-bond donors (Lipinski definition) is 3. The molecule has 0 saturated carbocycles. The van der Waals surface area contributed by atoms with Gasteiger partial charge in [0.2, 0.25) is 17.2 Å². The summed E-state index contributed by atoms with van der Waals surface area (Å²) in [4.78, 5) is 11.6. The van der Waals surface area contributed by atoms with E-state index in [2.05, 4.69) is 37.8 Å². The van der Waals surface area contributed by atoms with Crippen LogP contribution in [0.4, 0.5) is 11.9 Å². The van der Waals surface area contributed by atoms with Crippen molar-refractivity contribution >= 4 is 40.8 Å². The van der Waals surface area contributed by atoms with Crippen LogP contribution in [0.5, 0.6) is 0 Å². The Morgan fingerprint density at radius 3 is 2.64 bits per heavy atom. The van der Waals surface area contributed by atoms with Gasteiger partial charge < -0.3 is 16.4 Å². The molecule has 0 radical (unpaired) electrons.